The normalized spacial score (nSPS) is 10.6. The molecule has 0 radical (unpaired) electrons. The molecule has 6 heteroatoms. The van der Waals surface area contributed by atoms with Gasteiger partial charge in [0.05, 0.1) is 0 Å². The number of hydrogen-bond acceptors (Lipinski definition) is 5. The second-order valence-corrected chi connectivity index (χ2v) is 6.22. The SMILES string of the molecule is O=C(CCc1nc(-c2ccccn2)no1)Nc1ccc(-c2ccccc2)cc1. The Morgan fingerprint density at radius 2 is 1.64 bits per heavy atom. The number of amides is 1. The predicted octanol–water partition coefficient (Wildman–Crippen LogP) is 4.37. The molecule has 0 aliphatic carbocycles. The maximum absolute atomic E-state index is 12.2. The first-order chi connectivity index (χ1) is 13.8. The van der Waals surface area contributed by atoms with E-state index in [1.807, 2.05) is 54.6 Å². The molecule has 4 aromatic rings. The lowest BCUT2D eigenvalue weighted by Gasteiger charge is -2.06. The Hall–Kier alpha value is -3.80. The number of carbonyl (C=O) groups excluding carboxylic acids is 1. The van der Waals surface area contributed by atoms with E-state index < -0.39 is 0 Å². The van der Waals surface area contributed by atoms with E-state index in [-0.39, 0.29) is 12.3 Å². The van der Waals surface area contributed by atoms with E-state index in [2.05, 4.69) is 32.6 Å². The predicted molar refractivity (Wildman–Crippen MR) is 106 cm³/mol. The van der Waals surface area contributed by atoms with E-state index in [0.29, 0.717) is 23.8 Å². The van der Waals surface area contributed by atoms with Crippen LogP contribution in [0.4, 0.5) is 5.69 Å². The monoisotopic (exact) mass is 370 g/mol. The highest BCUT2D eigenvalue weighted by molar-refractivity contribution is 5.91. The van der Waals surface area contributed by atoms with Gasteiger partial charge in [0, 0.05) is 24.7 Å². The average Bonchev–Trinajstić information content (AvgIpc) is 3.23. The lowest BCUT2D eigenvalue weighted by molar-refractivity contribution is -0.116. The van der Waals surface area contributed by atoms with Crippen LogP contribution in [0, 0.1) is 0 Å². The van der Waals surface area contributed by atoms with Gasteiger partial charge in [-0.25, -0.2) is 0 Å². The minimum atomic E-state index is -0.106. The molecule has 2 heterocycles. The molecule has 0 aliphatic heterocycles. The Kier molecular flexibility index (Phi) is 5.20. The fourth-order valence-corrected chi connectivity index (χ4v) is 2.78. The Morgan fingerprint density at radius 1 is 0.893 bits per heavy atom. The number of anilines is 1. The first-order valence-corrected chi connectivity index (χ1v) is 8.97. The van der Waals surface area contributed by atoms with E-state index in [0.717, 1.165) is 16.8 Å². The van der Waals surface area contributed by atoms with Crippen molar-refractivity contribution >= 4 is 11.6 Å². The first kappa shape index (κ1) is 17.6. The Balaban J connectivity index is 1.32. The zero-order chi connectivity index (χ0) is 19.2. The molecule has 2 aromatic heterocycles. The van der Waals surface area contributed by atoms with Crippen molar-refractivity contribution in [2.24, 2.45) is 0 Å². The van der Waals surface area contributed by atoms with Crippen molar-refractivity contribution in [3.05, 3.63) is 84.9 Å². The van der Waals surface area contributed by atoms with E-state index in [9.17, 15) is 4.79 Å². The van der Waals surface area contributed by atoms with Crippen LogP contribution in [-0.2, 0) is 11.2 Å². The second kappa shape index (κ2) is 8.26. The van der Waals surface area contributed by atoms with Crippen LogP contribution in [0.3, 0.4) is 0 Å². The van der Waals surface area contributed by atoms with Gasteiger partial charge in [0.2, 0.25) is 17.6 Å². The van der Waals surface area contributed by atoms with Crippen LogP contribution in [0.5, 0.6) is 0 Å². The number of benzene rings is 2. The van der Waals surface area contributed by atoms with Crippen molar-refractivity contribution in [1.29, 1.82) is 0 Å². The fourth-order valence-electron chi connectivity index (χ4n) is 2.78. The molecular weight excluding hydrogens is 352 g/mol. The Bertz CT molecular complexity index is 1040. The van der Waals surface area contributed by atoms with Crippen LogP contribution in [-0.4, -0.2) is 21.0 Å². The highest BCUT2D eigenvalue weighted by Crippen LogP contribution is 2.21. The average molecular weight is 370 g/mol. The largest absolute Gasteiger partial charge is 0.339 e. The number of aromatic nitrogens is 3. The summed E-state index contributed by atoms with van der Waals surface area (Å²) >= 11 is 0. The number of rotatable bonds is 6. The maximum atomic E-state index is 12.2. The van der Waals surface area contributed by atoms with Gasteiger partial charge in [-0.15, -0.1) is 0 Å². The van der Waals surface area contributed by atoms with E-state index in [1.165, 1.54) is 0 Å². The van der Waals surface area contributed by atoms with Gasteiger partial charge in [0.1, 0.15) is 5.69 Å². The minimum Gasteiger partial charge on any atom is -0.339 e. The summed E-state index contributed by atoms with van der Waals surface area (Å²) in [4.78, 5) is 20.7. The van der Waals surface area contributed by atoms with Gasteiger partial charge in [0.15, 0.2) is 0 Å². The number of nitrogens with zero attached hydrogens (tertiary/aromatic N) is 3. The van der Waals surface area contributed by atoms with Crippen LogP contribution in [0.2, 0.25) is 0 Å². The Morgan fingerprint density at radius 3 is 2.39 bits per heavy atom. The first-order valence-electron chi connectivity index (χ1n) is 8.97. The molecule has 0 spiro atoms. The molecule has 6 nitrogen and oxygen atoms in total. The molecule has 138 valence electrons. The minimum absolute atomic E-state index is 0.106. The summed E-state index contributed by atoms with van der Waals surface area (Å²) in [5, 5.41) is 6.79. The second-order valence-electron chi connectivity index (χ2n) is 6.22. The fraction of sp³-hybridized carbons (Fsp3) is 0.0909. The molecule has 1 N–H and O–H groups in total. The number of pyridine rings is 1. The smallest absolute Gasteiger partial charge is 0.227 e. The quantitative estimate of drug-likeness (QED) is 0.545. The van der Waals surface area contributed by atoms with Gasteiger partial charge >= 0.3 is 0 Å². The van der Waals surface area contributed by atoms with Crippen LogP contribution in [0.15, 0.2) is 83.5 Å². The van der Waals surface area contributed by atoms with Crippen molar-refractivity contribution in [3.63, 3.8) is 0 Å². The molecule has 1 amide bonds. The van der Waals surface area contributed by atoms with Crippen LogP contribution >= 0.6 is 0 Å². The maximum Gasteiger partial charge on any atom is 0.227 e. The topological polar surface area (TPSA) is 80.9 Å². The number of nitrogens with one attached hydrogen (secondary N) is 1. The molecule has 2 aromatic carbocycles. The van der Waals surface area contributed by atoms with Gasteiger partial charge in [-0.1, -0.05) is 53.7 Å². The molecule has 0 unspecified atom stereocenters. The van der Waals surface area contributed by atoms with Crippen molar-refractivity contribution in [2.45, 2.75) is 12.8 Å². The molecule has 0 saturated carbocycles. The van der Waals surface area contributed by atoms with Gasteiger partial charge in [0.25, 0.3) is 0 Å². The summed E-state index contributed by atoms with van der Waals surface area (Å²) in [7, 11) is 0. The third-order valence-corrected chi connectivity index (χ3v) is 4.20. The van der Waals surface area contributed by atoms with Crippen LogP contribution in [0.25, 0.3) is 22.6 Å². The van der Waals surface area contributed by atoms with Gasteiger partial charge in [-0.3, -0.25) is 9.78 Å². The highest BCUT2D eigenvalue weighted by Gasteiger charge is 2.11. The lowest BCUT2D eigenvalue weighted by Crippen LogP contribution is -2.12. The molecule has 28 heavy (non-hydrogen) atoms. The lowest BCUT2D eigenvalue weighted by atomic mass is 10.1. The zero-order valence-electron chi connectivity index (χ0n) is 15.1. The molecular formula is C22H18N4O2. The molecule has 4 rings (SSSR count). The number of aryl methyl sites for hydroxylation is 1. The summed E-state index contributed by atoms with van der Waals surface area (Å²) in [6.07, 6.45) is 2.29. The molecule has 0 fully saturated rings. The molecule has 0 atom stereocenters. The summed E-state index contributed by atoms with van der Waals surface area (Å²) in [6.45, 7) is 0. The van der Waals surface area contributed by atoms with Crippen molar-refractivity contribution in [2.75, 3.05) is 5.32 Å². The zero-order valence-corrected chi connectivity index (χ0v) is 15.1. The van der Waals surface area contributed by atoms with Crippen molar-refractivity contribution in [3.8, 4) is 22.6 Å². The number of carbonyl (C=O) groups is 1. The van der Waals surface area contributed by atoms with E-state index in [4.69, 9.17) is 4.52 Å². The van der Waals surface area contributed by atoms with Gasteiger partial charge < -0.3 is 9.84 Å². The van der Waals surface area contributed by atoms with Crippen molar-refractivity contribution < 1.29 is 9.32 Å². The van der Waals surface area contributed by atoms with Crippen LogP contribution < -0.4 is 5.32 Å². The van der Waals surface area contributed by atoms with Gasteiger partial charge in [-0.2, -0.15) is 4.98 Å². The third kappa shape index (κ3) is 4.29. The third-order valence-electron chi connectivity index (χ3n) is 4.20. The Labute approximate surface area is 162 Å². The molecule has 0 aliphatic rings. The highest BCUT2D eigenvalue weighted by atomic mass is 16.5. The van der Waals surface area contributed by atoms with Crippen molar-refractivity contribution in [1.82, 2.24) is 15.1 Å². The molecule has 0 saturated heterocycles. The standard InChI is InChI=1S/C22H18N4O2/c27-20(13-14-21-25-22(26-28-21)19-8-4-5-15-23-19)24-18-11-9-17(10-12-18)16-6-2-1-3-7-16/h1-12,15H,13-14H2,(H,24,27). The summed E-state index contributed by atoms with van der Waals surface area (Å²) in [5.74, 6) is 0.729. The van der Waals surface area contributed by atoms with E-state index in [1.54, 1.807) is 12.3 Å². The summed E-state index contributed by atoms with van der Waals surface area (Å²) < 4.78 is 5.20. The summed E-state index contributed by atoms with van der Waals surface area (Å²) in [5.41, 5.74) is 3.64. The van der Waals surface area contributed by atoms with Gasteiger partial charge in [-0.05, 0) is 35.4 Å². The summed E-state index contributed by atoms with van der Waals surface area (Å²) in [6, 6.07) is 23.3. The molecule has 0 bridgehead atoms. The van der Waals surface area contributed by atoms with Crippen LogP contribution in [0.1, 0.15) is 12.3 Å². The van der Waals surface area contributed by atoms with E-state index >= 15 is 0 Å². The number of hydrogen-bond donors (Lipinski definition) is 1.